The highest BCUT2D eigenvalue weighted by Crippen LogP contribution is 2.39. The van der Waals surface area contributed by atoms with Gasteiger partial charge >= 0.3 is 0 Å². The number of ketones is 1. The molecule has 9 heteroatoms. The first-order chi connectivity index (χ1) is 16.9. The molecule has 3 aromatic carbocycles. The molecule has 0 aliphatic heterocycles. The lowest BCUT2D eigenvalue weighted by atomic mass is 10.0. The summed E-state index contributed by atoms with van der Waals surface area (Å²) in [5.41, 5.74) is 2.46. The molecular formula is C26H22N2O7. The van der Waals surface area contributed by atoms with Crippen LogP contribution in [0.1, 0.15) is 16.1 Å². The monoisotopic (exact) mass is 474 g/mol. The molecule has 0 bridgehead atoms. The lowest BCUT2D eigenvalue weighted by molar-refractivity contribution is -0.384. The van der Waals surface area contributed by atoms with Gasteiger partial charge in [0.05, 0.1) is 31.9 Å². The molecule has 1 heterocycles. The van der Waals surface area contributed by atoms with E-state index in [1.165, 1.54) is 33.5 Å². The number of aromatic nitrogens is 1. The fraction of sp³-hybridized carbons (Fsp3) is 0.115. The number of rotatable bonds is 8. The van der Waals surface area contributed by atoms with E-state index in [4.69, 9.17) is 14.2 Å². The number of carbonyl (C=O) groups excluding carboxylic acids is 1. The summed E-state index contributed by atoms with van der Waals surface area (Å²) >= 11 is 0. The number of benzene rings is 3. The number of nitrogens with zero attached hydrogens (tertiary/aromatic N) is 2. The van der Waals surface area contributed by atoms with Crippen molar-refractivity contribution in [2.45, 2.75) is 0 Å². The van der Waals surface area contributed by atoms with Gasteiger partial charge in [0, 0.05) is 35.1 Å². The van der Waals surface area contributed by atoms with Crippen LogP contribution in [0.4, 0.5) is 5.69 Å². The molecule has 35 heavy (non-hydrogen) atoms. The summed E-state index contributed by atoms with van der Waals surface area (Å²) in [6.07, 6.45) is 1.74. The number of aromatic hydroxyl groups is 1. The van der Waals surface area contributed by atoms with E-state index >= 15 is 0 Å². The summed E-state index contributed by atoms with van der Waals surface area (Å²) in [6.45, 7) is 0. The van der Waals surface area contributed by atoms with Crippen molar-refractivity contribution < 1.29 is 29.0 Å². The second kappa shape index (κ2) is 9.60. The van der Waals surface area contributed by atoms with Gasteiger partial charge in [-0.25, -0.2) is 0 Å². The second-order valence-electron chi connectivity index (χ2n) is 7.55. The van der Waals surface area contributed by atoms with Crippen LogP contribution in [0.2, 0.25) is 0 Å². The number of nitro groups is 1. The molecule has 0 saturated heterocycles. The van der Waals surface area contributed by atoms with E-state index in [0.717, 1.165) is 0 Å². The van der Waals surface area contributed by atoms with Gasteiger partial charge in [-0.3, -0.25) is 14.9 Å². The molecule has 178 valence electrons. The minimum Gasteiger partial charge on any atom is -0.508 e. The van der Waals surface area contributed by atoms with Crippen LogP contribution in [0.15, 0.2) is 72.9 Å². The van der Waals surface area contributed by atoms with E-state index in [2.05, 4.69) is 0 Å². The van der Waals surface area contributed by atoms with Gasteiger partial charge in [-0.1, -0.05) is 12.1 Å². The highest BCUT2D eigenvalue weighted by molar-refractivity contribution is 6.09. The van der Waals surface area contributed by atoms with Crippen molar-refractivity contribution in [3.63, 3.8) is 0 Å². The minimum absolute atomic E-state index is 0.0633. The fourth-order valence-corrected chi connectivity index (χ4v) is 3.79. The zero-order valence-corrected chi connectivity index (χ0v) is 19.2. The van der Waals surface area contributed by atoms with Crippen LogP contribution in [-0.4, -0.2) is 41.7 Å². The SMILES string of the molecule is COc1cc(C(=O)c2cc(-c3cccc(O)c3)cn2-c2ccc([N+](=O)[O-])cc2)cc(OC)c1OC. The van der Waals surface area contributed by atoms with Crippen LogP contribution in [0, 0.1) is 10.1 Å². The standard InChI is InChI=1S/C26H22N2O7/c1-33-23-13-17(14-24(34-2)26(23)35-3)25(30)22-12-18(16-5-4-6-21(29)11-16)15-27(22)19-7-9-20(10-8-19)28(31)32/h4-15,29H,1-3H3. The first-order valence-electron chi connectivity index (χ1n) is 10.5. The summed E-state index contributed by atoms with van der Waals surface area (Å²) in [4.78, 5) is 24.3. The highest BCUT2D eigenvalue weighted by atomic mass is 16.6. The molecule has 0 unspecified atom stereocenters. The Morgan fingerprint density at radius 3 is 2.09 bits per heavy atom. The van der Waals surface area contributed by atoms with Crippen LogP contribution < -0.4 is 14.2 Å². The quantitative estimate of drug-likeness (QED) is 0.217. The average molecular weight is 474 g/mol. The lowest BCUT2D eigenvalue weighted by Gasteiger charge is -2.14. The van der Waals surface area contributed by atoms with Crippen molar-refractivity contribution in [2.24, 2.45) is 0 Å². The van der Waals surface area contributed by atoms with Crippen LogP contribution in [0.25, 0.3) is 16.8 Å². The summed E-state index contributed by atoms with van der Waals surface area (Å²) in [5, 5.41) is 21.0. The van der Waals surface area contributed by atoms with E-state index in [1.807, 2.05) is 6.07 Å². The Morgan fingerprint density at radius 1 is 0.886 bits per heavy atom. The third kappa shape index (κ3) is 4.51. The molecule has 0 fully saturated rings. The Morgan fingerprint density at radius 2 is 1.54 bits per heavy atom. The summed E-state index contributed by atoms with van der Waals surface area (Å²) in [7, 11) is 4.40. The zero-order valence-electron chi connectivity index (χ0n) is 19.2. The van der Waals surface area contributed by atoms with Crippen LogP contribution >= 0.6 is 0 Å². The molecular weight excluding hydrogens is 452 g/mol. The molecule has 1 aromatic heterocycles. The van der Waals surface area contributed by atoms with E-state index < -0.39 is 4.92 Å². The Bertz CT molecular complexity index is 1380. The highest BCUT2D eigenvalue weighted by Gasteiger charge is 2.22. The zero-order chi connectivity index (χ0) is 25.1. The van der Waals surface area contributed by atoms with Crippen molar-refractivity contribution in [3.8, 4) is 39.8 Å². The maximum atomic E-state index is 13.7. The van der Waals surface area contributed by atoms with Crippen molar-refractivity contribution in [1.29, 1.82) is 0 Å². The molecule has 0 saturated carbocycles. The van der Waals surface area contributed by atoms with Crippen molar-refractivity contribution in [3.05, 3.63) is 94.3 Å². The molecule has 9 nitrogen and oxygen atoms in total. The van der Waals surface area contributed by atoms with Crippen LogP contribution in [-0.2, 0) is 0 Å². The first-order valence-corrected chi connectivity index (χ1v) is 10.5. The second-order valence-corrected chi connectivity index (χ2v) is 7.55. The van der Waals surface area contributed by atoms with Gasteiger partial charge < -0.3 is 23.9 Å². The number of phenolic OH excluding ortho intramolecular Hbond substituents is 1. The van der Waals surface area contributed by atoms with Gasteiger partial charge in [-0.15, -0.1) is 0 Å². The Labute approximate surface area is 200 Å². The van der Waals surface area contributed by atoms with Gasteiger partial charge in [-0.2, -0.15) is 0 Å². The molecule has 0 aliphatic rings. The predicted molar refractivity (Wildman–Crippen MR) is 129 cm³/mol. The van der Waals surface area contributed by atoms with E-state index in [1.54, 1.807) is 59.3 Å². The predicted octanol–water partition coefficient (Wildman–Crippen LogP) is 5.01. The maximum Gasteiger partial charge on any atom is 0.269 e. The number of hydrogen-bond acceptors (Lipinski definition) is 7. The number of non-ortho nitro benzene ring substituents is 1. The van der Waals surface area contributed by atoms with Crippen LogP contribution in [0.5, 0.6) is 23.0 Å². The number of hydrogen-bond donors (Lipinski definition) is 1. The summed E-state index contributed by atoms with van der Waals surface area (Å²) in [5.74, 6) is 0.767. The van der Waals surface area contributed by atoms with Gasteiger partial charge in [0.1, 0.15) is 5.75 Å². The molecule has 4 aromatic rings. The van der Waals surface area contributed by atoms with Gasteiger partial charge in [-0.05, 0) is 48.0 Å². The third-order valence-electron chi connectivity index (χ3n) is 5.50. The summed E-state index contributed by atoms with van der Waals surface area (Å²) in [6, 6.07) is 17.3. The smallest absolute Gasteiger partial charge is 0.269 e. The molecule has 0 radical (unpaired) electrons. The molecule has 0 atom stereocenters. The van der Waals surface area contributed by atoms with Gasteiger partial charge in [0.2, 0.25) is 11.5 Å². The number of nitro benzene ring substituents is 1. The van der Waals surface area contributed by atoms with Gasteiger partial charge in [0.15, 0.2) is 11.5 Å². The van der Waals surface area contributed by atoms with Gasteiger partial charge in [0.25, 0.3) is 5.69 Å². The number of ether oxygens (including phenoxy) is 3. The Kier molecular flexibility index (Phi) is 6.41. The minimum atomic E-state index is -0.487. The fourth-order valence-electron chi connectivity index (χ4n) is 3.79. The number of phenols is 1. The van der Waals surface area contributed by atoms with Crippen LogP contribution in [0.3, 0.4) is 0 Å². The van der Waals surface area contributed by atoms with Crippen molar-refractivity contribution >= 4 is 11.5 Å². The first kappa shape index (κ1) is 23.4. The average Bonchev–Trinajstić information content (AvgIpc) is 3.33. The van der Waals surface area contributed by atoms with Crippen molar-refractivity contribution in [1.82, 2.24) is 4.57 Å². The molecule has 0 aliphatic carbocycles. The number of carbonyl (C=O) groups is 1. The third-order valence-corrected chi connectivity index (χ3v) is 5.50. The molecule has 1 N–H and O–H groups in total. The maximum absolute atomic E-state index is 13.7. The largest absolute Gasteiger partial charge is 0.508 e. The molecule has 0 amide bonds. The van der Waals surface area contributed by atoms with E-state index in [-0.39, 0.29) is 17.2 Å². The van der Waals surface area contributed by atoms with E-state index in [0.29, 0.717) is 45.3 Å². The van der Waals surface area contributed by atoms with E-state index in [9.17, 15) is 20.0 Å². The molecule has 0 spiro atoms. The summed E-state index contributed by atoms with van der Waals surface area (Å²) < 4.78 is 17.8. The molecule has 4 rings (SSSR count). The lowest BCUT2D eigenvalue weighted by Crippen LogP contribution is -2.09. The number of methoxy groups -OCH3 is 3. The van der Waals surface area contributed by atoms with Crippen molar-refractivity contribution in [2.75, 3.05) is 21.3 Å². The topological polar surface area (TPSA) is 113 Å². The Balaban J connectivity index is 1.88. The normalized spacial score (nSPS) is 10.6. The Hall–Kier alpha value is -4.79.